The maximum absolute atomic E-state index is 12.7. The molecule has 96 valence electrons. The van der Waals surface area contributed by atoms with Crippen LogP contribution in [0.1, 0.15) is 24.5 Å². The molecule has 0 aromatic carbocycles. The number of rotatable bonds is 4. The van der Waals surface area contributed by atoms with Crippen molar-refractivity contribution < 1.29 is 18.3 Å². The zero-order valence-electron chi connectivity index (χ0n) is 9.67. The molecule has 6 heteroatoms. The molecule has 0 saturated heterocycles. The number of halogens is 3. The monoisotopic (exact) mass is 248 g/mol. The minimum absolute atomic E-state index is 0.179. The molecular weight excluding hydrogens is 233 g/mol. The van der Waals surface area contributed by atoms with Crippen LogP contribution in [0.25, 0.3) is 0 Å². The number of hydrogen-bond donors (Lipinski definition) is 2. The summed E-state index contributed by atoms with van der Waals surface area (Å²) < 4.78 is 38.2. The Kier molecular flexibility index (Phi) is 4.11. The van der Waals surface area contributed by atoms with Crippen LogP contribution in [0.2, 0.25) is 0 Å². The van der Waals surface area contributed by atoms with E-state index >= 15 is 0 Å². The lowest BCUT2D eigenvalue weighted by molar-refractivity contribution is -0.140. The second-order valence-electron chi connectivity index (χ2n) is 4.05. The first-order valence-corrected chi connectivity index (χ1v) is 5.17. The van der Waals surface area contributed by atoms with Crippen LogP contribution in [0.4, 0.5) is 13.2 Å². The van der Waals surface area contributed by atoms with Crippen LogP contribution >= 0.6 is 0 Å². The number of nitrogens with one attached hydrogen (secondary N) is 1. The molecular formula is C11H15F3N2O. The summed E-state index contributed by atoms with van der Waals surface area (Å²) in [5, 5.41) is 12.9. The second kappa shape index (κ2) is 5.01. The molecule has 1 rings (SSSR count). The van der Waals surface area contributed by atoms with E-state index in [4.69, 9.17) is 0 Å². The predicted molar refractivity (Wildman–Crippen MR) is 57.4 cm³/mol. The first kappa shape index (κ1) is 13.9. The minimum atomic E-state index is -4.48. The molecule has 0 fully saturated rings. The SMILES string of the molecule is CNCCC(C)(O)c1cnccc1C(F)(F)F. The number of alkyl halides is 3. The predicted octanol–water partition coefficient (Wildman–Crippen LogP) is 1.92. The number of aliphatic hydroxyl groups is 1. The molecule has 1 aromatic heterocycles. The molecule has 0 aliphatic heterocycles. The third-order valence-corrected chi connectivity index (χ3v) is 2.57. The quantitative estimate of drug-likeness (QED) is 0.855. The van der Waals surface area contributed by atoms with Crippen LogP contribution in [0, 0.1) is 0 Å². The van der Waals surface area contributed by atoms with Crippen molar-refractivity contribution in [2.24, 2.45) is 0 Å². The van der Waals surface area contributed by atoms with Crippen LogP contribution in [0.5, 0.6) is 0 Å². The van der Waals surface area contributed by atoms with Crippen molar-refractivity contribution >= 4 is 0 Å². The number of aromatic nitrogens is 1. The molecule has 3 nitrogen and oxygen atoms in total. The van der Waals surface area contributed by atoms with Crippen molar-refractivity contribution in [2.45, 2.75) is 25.1 Å². The van der Waals surface area contributed by atoms with Gasteiger partial charge in [0, 0.05) is 18.0 Å². The van der Waals surface area contributed by atoms with Gasteiger partial charge in [0.15, 0.2) is 0 Å². The topological polar surface area (TPSA) is 45.1 Å². The number of hydrogen-bond acceptors (Lipinski definition) is 3. The fraction of sp³-hybridized carbons (Fsp3) is 0.545. The number of nitrogens with zero attached hydrogens (tertiary/aromatic N) is 1. The average molecular weight is 248 g/mol. The van der Waals surface area contributed by atoms with Gasteiger partial charge in [0.2, 0.25) is 0 Å². The van der Waals surface area contributed by atoms with Crippen molar-refractivity contribution in [1.82, 2.24) is 10.3 Å². The van der Waals surface area contributed by atoms with E-state index in [-0.39, 0.29) is 12.0 Å². The Morgan fingerprint density at radius 3 is 2.53 bits per heavy atom. The number of pyridine rings is 1. The molecule has 0 spiro atoms. The molecule has 1 unspecified atom stereocenters. The molecule has 1 aromatic rings. The van der Waals surface area contributed by atoms with E-state index < -0.39 is 17.3 Å². The van der Waals surface area contributed by atoms with E-state index in [9.17, 15) is 18.3 Å². The van der Waals surface area contributed by atoms with E-state index in [1.54, 1.807) is 7.05 Å². The summed E-state index contributed by atoms with van der Waals surface area (Å²) in [6.45, 7) is 1.77. The van der Waals surface area contributed by atoms with Gasteiger partial charge in [-0.25, -0.2) is 0 Å². The Hall–Kier alpha value is -1.14. The van der Waals surface area contributed by atoms with Crippen molar-refractivity contribution in [2.75, 3.05) is 13.6 Å². The standard InChI is InChI=1S/C11H15F3N2O/c1-10(17,4-6-15-2)9-7-16-5-3-8(9)11(12,13)14/h3,5,7,15,17H,4,6H2,1-2H3. The van der Waals surface area contributed by atoms with E-state index in [0.717, 1.165) is 18.5 Å². The van der Waals surface area contributed by atoms with Gasteiger partial charge in [-0.05, 0) is 33.0 Å². The summed E-state index contributed by atoms with van der Waals surface area (Å²) in [4.78, 5) is 3.65. The lowest BCUT2D eigenvalue weighted by Crippen LogP contribution is -2.29. The Bertz CT molecular complexity index is 377. The fourth-order valence-electron chi connectivity index (χ4n) is 1.57. The maximum atomic E-state index is 12.7. The van der Waals surface area contributed by atoms with E-state index in [0.29, 0.717) is 6.54 Å². The highest BCUT2D eigenvalue weighted by Crippen LogP contribution is 2.37. The third-order valence-electron chi connectivity index (χ3n) is 2.57. The Morgan fingerprint density at radius 1 is 1.35 bits per heavy atom. The third kappa shape index (κ3) is 3.41. The van der Waals surface area contributed by atoms with Crippen molar-refractivity contribution in [1.29, 1.82) is 0 Å². The van der Waals surface area contributed by atoms with E-state index in [2.05, 4.69) is 10.3 Å². The van der Waals surface area contributed by atoms with Crippen molar-refractivity contribution in [3.05, 3.63) is 29.6 Å². The van der Waals surface area contributed by atoms with Gasteiger partial charge in [-0.3, -0.25) is 4.98 Å². The highest BCUT2D eigenvalue weighted by Gasteiger charge is 2.38. The summed E-state index contributed by atoms with van der Waals surface area (Å²) in [5.74, 6) is 0. The largest absolute Gasteiger partial charge is 0.416 e. The summed E-state index contributed by atoms with van der Waals surface area (Å²) in [6, 6.07) is 0.878. The van der Waals surface area contributed by atoms with Crippen LogP contribution < -0.4 is 5.32 Å². The van der Waals surface area contributed by atoms with Gasteiger partial charge < -0.3 is 10.4 Å². The zero-order valence-corrected chi connectivity index (χ0v) is 9.67. The van der Waals surface area contributed by atoms with Gasteiger partial charge in [-0.1, -0.05) is 0 Å². The Balaban J connectivity index is 3.13. The molecule has 17 heavy (non-hydrogen) atoms. The fourth-order valence-corrected chi connectivity index (χ4v) is 1.57. The smallest absolute Gasteiger partial charge is 0.385 e. The maximum Gasteiger partial charge on any atom is 0.416 e. The van der Waals surface area contributed by atoms with Crippen LogP contribution in [-0.2, 0) is 11.8 Å². The first-order valence-electron chi connectivity index (χ1n) is 5.17. The van der Waals surface area contributed by atoms with E-state index in [1.807, 2.05) is 0 Å². The molecule has 0 aliphatic rings. The van der Waals surface area contributed by atoms with Crippen molar-refractivity contribution in [3.8, 4) is 0 Å². The molecule has 0 saturated carbocycles. The van der Waals surface area contributed by atoms with E-state index in [1.165, 1.54) is 6.92 Å². The summed E-state index contributed by atoms with van der Waals surface area (Å²) in [5.41, 5.74) is -2.58. The summed E-state index contributed by atoms with van der Waals surface area (Å²) in [6.07, 6.45) is -2.17. The molecule has 0 radical (unpaired) electrons. The Labute approximate surface area is 97.7 Å². The normalized spacial score (nSPS) is 15.6. The van der Waals surface area contributed by atoms with Crippen molar-refractivity contribution in [3.63, 3.8) is 0 Å². The highest BCUT2D eigenvalue weighted by molar-refractivity contribution is 5.31. The lowest BCUT2D eigenvalue weighted by atomic mass is 9.90. The van der Waals surface area contributed by atoms with Crippen LogP contribution in [0.15, 0.2) is 18.5 Å². The Morgan fingerprint density at radius 2 is 2.00 bits per heavy atom. The lowest BCUT2D eigenvalue weighted by Gasteiger charge is -2.26. The minimum Gasteiger partial charge on any atom is -0.385 e. The summed E-state index contributed by atoms with van der Waals surface area (Å²) >= 11 is 0. The molecule has 0 bridgehead atoms. The molecule has 2 N–H and O–H groups in total. The van der Waals surface area contributed by atoms with Gasteiger partial charge in [-0.2, -0.15) is 13.2 Å². The summed E-state index contributed by atoms with van der Waals surface area (Å²) in [7, 11) is 1.67. The van der Waals surface area contributed by atoms with Gasteiger partial charge in [0.25, 0.3) is 0 Å². The highest BCUT2D eigenvalue weighted by atomic mass is 19.4. The molecule has 0 amide bonds. The van der Waals surface area contributed by atoms with Gasteiger partial charge in [-0.15, -0.1) is 0 Å². The average Bonchev–Trinajstić information content (AvgIpc) is 2.25. The first-order chi connectivity index (χ1) is 7.79. The zero-order chi connectivity index (χ0) is 13.1. The van der Waals surface area contributed by atoms with Gasteiger partial charge in [0.1, 0.15) is 0 Å². The second-order valence-corrected chi connectivity index (χ2v) is 4.05. The molecule has 0 aliphatic carbocycles. The molecule has 1 atom stereocenters. The molecule has 1 heterocycles. The van der Waals surface area contributed by atoms with Crippen LogP contribution in [-0.4, -0.2) is 23.7 Å². The van der Waals surface area contributed by atoms with Gasteiger partial charge >= 0.3 is 6.18 Å². The van der Waals surface area contributed by atoms with Crippen LogP contribution in [0.3, 0.4) is 0 Å². The van der Waals surface area contributed by atoms with Gasteiger partial charge in [0.05, 0.1) is 11.2 Å².